The summed E-state index contributed by atoms with van der Waals surface area (Å²) >= 11 is 3.38. The maximum Gasteiger partial charge on any atom is 0.226 e. The van der Waals surface area contributed by atoms with Crippen molar-refractivity contribution in [3.05, 3.63) is 58.6 Å². The van der Waals surface area contributed by atoms with Crippen LogP contribution < -0.4 is 9.47 Å². The highest BCUT2D eigenvalue weighted by molar-refractivity contribution is 9.10. The Kier molecular flexibility index (Phi) is 7.12. The van der Waals surface area contributed by atoms with Gasteiger partial charge in [-0.2, -0.15) is 0 Å². The van der Waals surface area contributed by atoms with E-state index in [1.807, 2.05) is 55.5 Å². The molecule has 0 aliphatic rings. The molecule has 128 valence electrons. The maximum atomic E-state index is 12.2. The predicted octanol–water partition coefficient (Wildman–Crippen LogP) is 3.93. The average molecular weight is 392 g/mol. The molecule has 0 saturated heterocycles. The van der Waals surface area contributed by atoms with Crippen LogP contribution in [0.1, 0.15) is 12.5 Å². The number of ether oxygens (including phenoxy) is 2. The summed E-state index contributed by atoms with van der Waals surface area (Å²) in [5, 5.41) is 0. The third-order valence-electron chi connectivity index (χ3n) is 3.52. The molecular weight excluding hydrogens is 370 g/mol. The number of rotatable bonds is 8. The summed E-state index contributed by atoms with van der Waals surface area (Å²) in [6, 6.07) is 15.3. The number of hydrogen-bond donors (Lipinski definition) is 0. The number of carbonyl (C=O) groups excluding carboxylic acids is 1. The smallest absolute Gasteiger partial charge is 0.226 e. The minimum atomic E-state index is 0.0681. The van der Waals surface area contributed by atoms with Gasteiger partial charge in [0.15, 0.2) is 0 Å². The molecule has 0 atom stereocenters. The van der Waals surface area contributed by atoms with E-state index in [4.69, 9.17) is 9.47 Å². The minimum Gasteiger partial charge on any atom is -0.494 e. The molecule has 2 aromatic rings. The molecule has 0 aliphatic carbocycles. The zero-order valence-corrected chi connectivity index (χ0v) is 15.6. The van der Waals surface area contributed by atoms with E-state index in [0.717, 1.165) is 21.5 Å². The van der Waals surface area contributed by atoms with Crippen LogP contribution in [0.15, 0.2) is 53.0 Å². The van der Waals surface area contributed by atoms with Gasteiger partial charge in [-0.3, -0.25) is 4.79 Å². The maximum absolute atomic E-state index is 12.2. The first-order valence-electron chi connectivity index (χ1n) is 7.92. The van der Waals surface area contributed by atoms with Crippen LogP contribution in [-0.4, -0.2) is 37.6 Å². The topological polar surface area (TPSA) is 38.8 Å². The number of benzene rings is 2. The van der Waals surface area contributed by atoms with Gasteiger partial charge >= 0.3 is 0 Å². The minimum absolute atomic E-state index is 0.0681. The van der Waals surface area contributed by atoms with Crippen LogP contribution in [0.25, 0.3) is 0 Å². The Balaban J connectivity index is 1.76. The average Bonchev–Trinajstić information content (AvgIpc) is 2.58. The normalized spacial score (nSPS) is 10.3. The Morgan fingerprint density at radius 2 is 1.58 bits per heavy atom. The number of carbonyl (C=O) groups is 1. The monoisotopic (exact) mass is 391 g/mol. The molecule has 0 aliphatic heterocycles. The molecule has 0 N–H and O–H groups in total. The SMILES string of the molecule is CCOc1ccc(CC(=O)N(C)CCOc2ccc(Br)cc2)cc1. The highest BCUT2D eigenvalue weighted by Gasteiger charge is 2.10. The molecule has 0 fully saturated rings. The largest absolute Gasteiger partial charge is 0.494 e. The van der Waals surface area contributed by atoms with E-state index >= 15 is 0 Å². The lowest BCUT2D eigenvalue weighted by molar-refractivity contribution is -0.129. The summed E-state index contributed by atoms with van der Waals surface area (Å²) in [5.74, 6) is 1.69. The molecule has 4 nitrogen and oxygen atoms in total. The molecule has 2 aromatic carbocycles. The standard InChI is InChI=1S/C19H22BrNO3/c1-3-23-17-8-4-15(5-9-17)14-19(22)21(2)12-13-24-18-10-6-16(20)7-11-18/h4-11H,3,12-14H2,1-2H3. The van der Waals surface area contributed by atoms with Gasteiger partial charge in [-0.15, -0.1) is 0 Å². The zero-order valence-electron chi connectivity index (χ0n) is 14.0. The summed E-state index contributed by atoms with van der Waals surface area (Å²) in [4.78, 5) is 13.9. The molecule has 5 heteroatoms. The number of hydrogen-bond acceptors (Lipinski definition) is 3. The van der Waals surface area contributed by atoms with Crippen molar-refractivity contribution in [3.63, 3.8) is 0 Å². The van der Waals surface area contributed by atoms with E-state index in [9.17, 15) is 4.79 Å². The zero-order chi connectivity index (χ0) is 17.4. The van der Waals surface area contributed by atoms with Crippen molar-refractivity contribution in [2.24, 2.45) is 0 Å². The fourth-order valence-electron chi connectivity index (χ4n) is 2.14. The third kappa shape index (κ3) is 5.89. The van der Waals surface area contributed by atoms with Gasteiger partial charge in [0, 0.05) is 11.5 Å². The van der Waals surface area contributed by atoms with Crippen molar-refractivity contribution < 1.29 is 14.3 Å². The highest BCUT2D eigenvalue weighted by Crippen LogP contribution is 2.16. The van der Waals surface area contributed by atoms with Crippen molar-refractivity contribution >= 4 is 21.8 Å². The Labute approximate surface area is 151 Å². The van der Waals surface area contributed by atoms with E-state index in [1.165, 1.54) is 0 Å². The molecule has 1 amide bonds. The van der Waals surface area contributed by atoms with Gasteiger partial charge in [0.05, 0.1) is 19.6 Å². The molecule has 0 radical (unpaired) electrons. The molecule has 24 heavy (non-hydrogen) atoms. The lowest BCUT2D eigenvalue weighted by Gasteiger charge is -2.17. The van der Waals surface area contributed by atoms with Crippen LogP contribution in [0, 0.1) is 0 Å². The Hall–Kier alpha value is -2.01. The van der Waals surface area contributed by atoms with Crippen molar-refractivity contribution in [3.8, 4) is 11.5 Å². The summed E-state index contributed by atoms with van der Waals surface area (Å²) in [5.41, 5.74) is 0.976. The van der Waals surface area contributed by atoms with Gasteiger partial charge in [0.25, 0.3) is 0 Å². The Morgan fingerprint density at radius 3 is 2.21 bits per heavy atom. The van der Waals surface area contributed by atoms with E-state index in [0.29, 0.717) is 26.2 Å². The van der Waals surface area contributed by atoms with Gasteiger partial charge in [0.1, 0.15) is 18.1 Å². The molecule has 0 saturated carbocycles. The molecule has 0 bridgehead atoms. The highest BCUT2D eigenvalue weighted by atomic mass is 79.9. The quantitative estimate of drug-likeness (QED) is 0.684. The molecular formula is C19H22BrNO3. The van der Waals surface area contributed by atoms with Gasteiger partial charge in [0.2, 0.25) is 5.91 Å². The van der Waals surface area contributed by atoms with Crippen LogP contribution in [0.5, 0.6) is 11.5 Å². The molecule has 0 unspecified atom stereocenters. The van der Waals surface area contributed by atoms with Gasteiger partial charge in [-0.1, -0.05) is 28.1 Å². The van der Waals surface area contributed by atoms with Crippen molar-refractivity contribution in [2.45, 2.75) is 13.3 Å². The molecule has 0 aromatic heterocycles. The van der Waals surface area contributed by atoms with Gasteiger partial charge < -0.3 is 14.4 Å². The first kappa shape index (κ1) is 18.3. The van der Waals surface area contributed by atoms with Crippen molar-refractivity contribution in [1.82, 2.24) is 4.90 Å². The van der Waals surface area contributed by atoms with Crippen molar-refractivity contribution in [1.29, 1.82) is 0 Å². The molecule has 2 rings (SSSR count). The van der Waals surface area contributed by atoms with Crippen LogP contribution in [0.4, 0.5) is 0 Å². The first-order valence-corrected chi connectivity index (χ1v) is 8.72. The second-order valence-electron chi connectivity index (χ2n) is 5.37. The van der Waals surface area contributed by atoms with Crippen LogP contribution in [-0.2, 0) is 11.2 Å². The lowest BCUT2D eigenvalue weighted by atomic mass is 10.1. The number of nitrogens with zero attached hydrogens (tertiary/aromatic N) is 1. The van der Waals surface area contributed by atoms with Crippen LogP contribution >= 0.6 is 15.9 Å². The number of amides is 1. The van der Waals surface area contributed by atoms with Crippen LogP contribution in [0.3, 0.4) is 0 Å². The summed E-state index contributed by atoms with van der Waals surface area (Å²) in [6.07, 6.45) is 0.376. The Morgan fingerprint density at radius 1 is 1.00 bits per heavy atom. The van der Waals surface area contributed by atoms with Gasteiger partial charge in [-0.25, -0.2) is 0 Å². The summed E-state index contributed by atoms with van der Waals surface area (Å²) in [6.45, 7) is 3.60. The molecule has 0 heterocycles. The van der Waals surface area contributed by atoms with E-state index in [1.54, 1.807) is 11.9 Å². The van der Waals surface area contributed by atoms with Gasteiger partial charge in [-0.05, 0) is 48.9 Å². The van der Waals surface area contributed by atoms with Crippen LogP contribution in [0.2, 0.25) is 0 Å². The number of likely N-dealkylation sites (N-methyl/N-ethyl adjacent to an activating group) is 1. The fraction of sp³-hybridized carbons (Fsp3) is 0.316. The lowest BCUT2D eigenvalue weighted by Crippen LogP contribution is -2.32. The van der Waals surface area contributed by atoms with E-state index in [2.05, 4.69) is 15.9 Å². The second-order valence-corrected chi connectivity index (χ2v) is 6.29. The second kappa shape index (κ2) is 9.33. The molecule has 0 spiro atoms. The fourth-order valence-corrected chi connectivity index (χ4v) is 2.40. The first-order chi connectivity index (χ1) is 11.6. The van der Waals surface area contributed by atoms with E-state index in [-0.39, 0.29) is 5.91 Å². The Bertz CT molecular complexity index is 641. The van der Waals surface area contributed by atoms with E-state index < -0.39 is 0 Å². The number of halogens is 1. The predicted molar refractivity (Wildman–Crippen MR) is 98.6 cm³/mol. The third-order valence-corrected chi connectivity index (χ3v) is 4.05. The summed E-state index contributed by atoms with van der Waals surface area (Å²) < 4.78 is 12.1. The summed E-state index contributed by atoms with van der Waals surface area (Å²) in [7, 11) is 1.79. The van der Waals surface area contributed by atoms with Crippen molar-refractivity contribution in [2.75, 3.05) is 26.8 Å².